The van der Waals surface area contributed by atoms with Crippen LogP contribution in [0.3, 0.4) is 0 Å². The zero-order valence-corrected chi connectivity index (χ0v) is 8.32. The number of H-pyrrole nitrogens is 1. The summed E-state index contributed by atoms with van der Waals surface area (Å²) >= 11 is 0. The largest absolute Gasteiger partial charge is 0.480 e. The molecule has 3 N–H and O–H groups in total. The third-order valence-electron chi connectivity index (χ3n) is 2.31. The van der Waals surface area contributed by atoms with Gasteiger partial charge in [0.25, 0.3) is 0 Å². The maximum atomic E-state index is 10.6. The molecule has 15 heavy (non-hydrogen) atoms. The number of benzene rings is 1. The van der Waals surface area contributed by atoms with Crippen molar-refractivity contribution in [2.24, 2.45) is 0 Å². The van der Waals surface area contributed by atoms with E-state index in [1.54, 1.807) is 6.92 Å². The van der Waals surface area contributed by atoms with Gasteiger partial charge >= 0.3 is 5.97 Å². The van der Waals surface area contributed by atoms with E-state index in [1.807, 2.05) is 30.5 Å². The number of hydrogen-bond acceptors (Lipinski definition) is 2. The smallest absolute Gasteiger partial charge is 0.325 e. The second kappa shape index (κ2) is 3.65. The molecule has 1 aromatic carbocycles. The highest BCUT2D eigenvalue weighted by Crippen LogP contribution is 2.18. The second-order valence-electron chi connectivity index (χ2n) is 3.48. The van der Waals surface area contributed by atoms with Gasteiger partial charge < -0.3 is 15.4 Å². The van der Waals surface area contributed by atoms with Gasteiger partial charge in [0.05, 0.1) is 0 Å². The van der Waals surface area contributed by atoms with Crippen molar-refractivity contribution >= 4 is 22.6 Å². The minimum absolute atomic E-state index is 0.582. The molecule has 0 aliphatic carbocycles. The number of anilines is 1. The third-order valence-corrected chi connectivity index (χ3v) is 2.31. The van der Waals surface area contributed by atoms with E-state index in [2.05, 4.69) is 10.3 Å². The van der Waals surface area contributed by atoms with Gasteiger partial charge in [-0.05, 0) is 31.2 Å². The number of aliphatic carboxylic acids is 1. The van der Waals surface area contributed by atoms with Gasteiger partial charge in [-0.3, -0.25) is 4.79 Å². The van der Waals surface area contributed by atoms with Crippen molar-refractivity contribution in [2.75, 3.05) is 5.32 Å². The SMILES string of the molecule is CC(Nc1ccc2[nH]ccc2c1)C(=O)O. The number of nitrogens with one attached hydrogen (secondary N) is 2. The van der Waals surface area contributed by atoms with Crippen LogP contribution in [0.2, 0.25) is 0 Å². The summed E-state index contributed by atoms with van der Waals surface area (Å²) in [4.78, 5) is 13.7. The number of aromatic nitrogens is 1. The number of rotatable bonds is 3. The molecule has 1 aromatic heterocycles. The molecule has 2 rings (SSSR count). The Labute approximate surface area is 86.9 Å². The summed E-state index contributed by atoms with van der Waals surface area (Å²) in [5.41, 5.74) is 1.86. The molecule has 0 aliphatic heterocycles. The van der Waals surface area contributed by atoms with Crippen LogP contribution < -0.4 is 5.32 Å². The van der Waals surface area contributed by atoms with Gasteiger partial charge in [-0.15, -0.1) is 0 Å². The maximum Gasteiger partial charge on any atom is 0.325 e. The highest BCUT2D eigenvalue weighted by atomic mass is 16.4. The monoisotopic (exact) mass is 204 g/mol. The van der Waals surface area contributed by atoms with Gasteiger partial charge in [-0.25, -0.2) is 0 Å². The molecule has 4 nitrogen and oxygen atoms in total. The van der Waals surface area contributed by atoms with Crippen LogP contribution in [0.15, 0.2) is 30.5 Å². The van der Waals surface area contributed by atoms with Crippen LogP contribution in [-0.2, 0) is 4.79 Å². The molecule has 1 unspecified atom stereocenters. The first-order valence-electron chi connectivity index (χ1n) is 4.73. The molecule has 0 amide bonds. The minimum atomic E-state index is -0.857. The first-order chi connectivity index (χ1) is 7.16. The Morgan fingerprint density at radius 2 is 2.27 bits per heavy atom. The third kappa shape index (κ3) is 1.93. The predicted molar refractivity (Wildman–Crippen MR) is 59.0 cm³/mol. The topological polar surface area (TPSA) is 65.1 Å². The summed E-state index contributed by atoms with van der Waals surface area (Å²) in [6, 6.07) is 7.07. The van der Waals surface area contributed by atoms with Crippen LogP contribution in [0.5, 0.6) is 0 Å². The van der Waals surface area contributed by atoms with E-state index >= 15 is 0 Å². The quantitative estimate of drug-likeness (QED) is 0.716. The molecule has 4 heteroatoms. The van der Waals surface area contributed by atoms with Crippen molar-refractivity contribution in [1.82, 2.24) is 4.98 Å². The molecule has 2 aromatic rings. The molecule has 0 spiro atoms. The number of fused-ring (bicyclic) bond motifs is 1. The molecule has 78 valence electrons. The van der Waals surface area contributed by atoms with Crippen LogP contribution in [0.4, 0.5) is 5.69 Å². The number of carboxylic acids is 1. The number of hydrogen-bond donors (Lipinski definition) is 3. The Hall–Kier alpha value is -1.97. The zero-order chi connectivity index (χ0) is 10.8. The Kier molecular flexibility index (Phi) is 2.33. The normalized spacial score (nSPS) is 12.6. The fourth-order valence-corrected chi connectivity index (χ4v) is 1.45. The van der Waals surface area contributed by atoms with E-state index < -0.39 is 12.0 Å². The fraction of sp³-hybridized carbons (Fsp3) is 0.182. The van der Waals surface area contributed by atoms with Gasteiger partial charge in [0.1, 0.15) is 6.04 Å². The van der Waals surface area contributed by atoms with Crippen molar-refractivity contribution in [3.63, 3.8) is 0 Å². The highest BCUT2D eigenvalue weighted by Gasteiger charge is 2.09. The molecule has 0 saturated heterocycles. The average Bonchev–Trinajstić information content (AvgIpc) is 2.64. The van der Waals surface area contributed by atoms with Gasteiger partial charge in [-0.1, -0.05) is 0 Å². The molecule has 0 radical (unpaired) electrons. The van der Waals surface area contributed by atoms with E-state index in [0.717, 1.165) is 16.6 Å². The predicted octanol–water partition coefficient (Wildman–Crippen LogP) is 2.05. The Morgan fingerprint density at radius 3 is 3.00 bits per heavy atom. The Morgan fingerprint density at radius 1 is 1.47 bits per heavy atom. The lowest BCUT2D eigenvalue weighted by Crippen LogP contribution is -2.25. The molecule has 1 atom stereocenters. The maximum absolute atomic E-state index is 10.6. The van der Waals surface area contributed by atoms with Crippen LogP contribution in [0, 0.1) is 0 Å². The number of carboxylic acid groups (broad SMARTS) is 1. The fourth-order valence-electron chi connectivity index (χ4n) is 1.45. The summed E-state index contributed by atoms with van der Waals surface area (Å²) in [6.45, 7) is 1.61. The molecular formula is C11H12N2O2. The molecule has 1 heterocycles. The zero-order valence-electron chi connectivity index (χ0n) is 8.32. The van der Waals surface area contributed by atoms with E-state index in [9.17, 15) is 4.79 Å². The first kappa shape index (κ1) is 9.58. The van der Waals surface area contributed by atoms with E-state index in [-0.39, 0.29) is 0 Å². The summed E-state index contributed by atoms with van der Waals surface area (Å²) in [5.74, 6) is -0.857. The van der Waals surface area contributed by atoms with Crippen molar-refractivity contribution in [1.29, 1.82) is 0 Å². The van der Waals surface area contributed by atoms with Crippen LogP contribution in [0.1, 0.15) is 6.92 Å². The van der Waals surface area contributed by atoms with E-state index in [0.29, 0.717) is 0 Å². The summed E-state index contributed by atoms with van der Waals surface area (Å²) in [7, 11) is 0. The summed E-state index contributed by atoms with van der Waals surface area (Å²) < 4.78 is 0. The standard InChI is InChI=1S/C11H12N2O2/c1-7(11(14)15)13-9-2-3-10-8(6-9)4-5-12-10/h2-7,12-13H,1H3,(H,14,15). The van der Waals surface area contributed by atoms with Crippen LogP contribution in [0.25, 0.3) is 10.9 Å². The van der Waals surface area contributed by atoms with Gasteiger partial charge in [-0.2, -0.15) is 0 Å². The van der Waals surface area contributed by atoms with E-state index in [4.69, 9.17) is 5.11 Å². The lowest BCUT2D eigenvalue weighted by molar-refractivity contribution is -0.137. The van der Waals surface area contributed by atoms with Crippen LogP contribution >= 0.6 is 0 Å². The van der Waals surface area contributed by atoms with Crippen molar-refractivity contribution in [3.8, 4) is 0 Å². The second-order valence-corrected chi connectivity index (χ2v) is 3.48. The first-order valence-corrected chi connectivity index (χ1v) is 4.73. The molecule has 0 bridgehead atoms. The summed E-state index contributed by atoms with van der Waals surface area (Å²) in [6.07, 6.45) is 1.86. The Balaban J connectivity index is 2.24. The van der Waals surface area contributed by atoms with Crippen LogP contribution in [-0.4, -0.2) is 22.1 Å². The average molecular weight is 204 g/mol. The van der Waals surface area contributed by atoms with Crippen molar-refractivity contribution < 1.29 is 9.90 Å². The number of aromatic amines is 1. The lowest BCUT2D eigenvalue weighted by atomic mass is 10.2. The Bertz CT molecular complexity index is 490. The summed E-state index contributed by atoms with van der Waals surface area (Å²) in [5, 5.41) is 12.7. The van der Waals surface area contributed by atoms with Gasteiger partial charge in [0.2, 0.25) is 0 Å². The molecular weight excluding hydrogens is 192 g/mol. The molecule has 0 aliphatic rings. The molecule has 0 fully saturated rings. The lowest BCUT2D eigenvalue weighted by Gasteiger charge is -2.10. The minimum Gasteiger partial charge on any atom is -0.480 e. The number of carbonyl (C=O) groups is 1. The van der Waals surface area contributed by atoms with Crippen molar-refractivity contribution in [2.45, 2.75) is 13.0 Å². The highest BCUT2D eigenvalue weighted by molar-refractivity contribution is 5.84. The molecule has 0 saturated carbocycles. The van der Waals surface area contributed by atoms with E-state index in [1.165, 1.54) is 0 Å². The van der Waals surface area contributed by atoms with Crippen molar-refractivity contribution in [3.05, 3.63) is 30.5 Å². The van der Waals surface area contributed by atoms with Gasteiger partial charge in [0.15, 0.2) is 0 Å². The van der Waals surface area contributed by atoms with Gasteiger partial charge in [0, 0.05) is 22.8 Å².